The fourth-order valence-corrected chi connectivity index (χ4v) is 3.87. The zero-order valence-electron chi connectivity index (χ0n) is 16.7. The molecule has 0 saturated heterocycles. The number of benzene rings is 2. The molecule has 146 valence electrons. The monoisotopic (exact) mass is 387 g/mol. The number of para-hydroxylation sites is 1. The maximum absolute atomic E-state index is 5.90. The van der Waals surface area contributed by atoms with Crippen LogP contribution in [0.25, 0.3) is 39.6 Å². The van der Waals surface area contributed by atoms with Gasteiger partial charge in [0.15, 0.2) is 0 Å². The molecule has 3 aromatic heterocycles. The van der Waals surface area contributed by atoms with Crippen LogP contribution in [-0.2, 0) is 0 Å². The van der Waals surface area contributed by atoms with Crippen LogP contribution >= 0.6 is 0 Å². The zero-order chi connectivity index (χ0) is 20.1. The molecular formula is C22H21N5O2. The largest absolute Gasteiger partial charge is 0.414 e. The van der Waals surface area contributed by atoms with Crippen LogP contribution in [0, 0.1) is 0 Å². The SMILES string of the molecule is CC(C)c1cc2c(ncn2-c2ccccc2)c(C(C)C)c1-c1nc2onnc2o1. The van der Waals surface area contributed by atoms with Gasteiger partial charge in [0.2, 0.25) is 5.89 Å². The molecule has 0 spiro atoms. The fraction of sp³-hybridized carbons (Fsp3) is 0.273. The van der Waals surface area contributed by atoms with Crippen molar-refractivity contribution in [1.29, 1.82) is 0 Å². The Bertz CT molecular complexity index is 1280. The maximum atomic E-state index is 5.90. The number of rotatable bonds is 4. The normalized spacial score (nSPS) is 12.1. The van der Waals surface area contributed by atoms with Crippen LogP contribution in [0.5, 0.6) is 0 Å². The van der Waals surface area contributed by atoms with Crippen molar-refractivity contribution < 1.29 is 8.94 Å². The highest BCUT2D eigenvalue weighted by Gasteiger charge is 2.26. The molecule has 29 heavy (non-hydrogen) atoms. The van der Waals surface area contributed by atoms with E-state index < -0.39 is 0 Å². The second kappa shape index (κ2) is 6.55. The summed E-state index contributed by atoms with van der Waals surface area (Å²) >= 11 is 0. The van der Waals surface area contributed by atoms with Crippen molar-refractivity contribution in [2.75, 3.05) is 0 Å². The van der Waals surface area contributed by atoms with Crippen molar-refractivity contribution in [1.82, 2.24) is 24.9 Å². The number of hydrogen-bond acceptors (Lipinski definition) is 6. The molecule has 0 amide bonds. The lowest BCUT2D eigenvalue weighted by Crippen LogP contribution is -2.03. The lowest BCUT2D eigenvalue weighted by Gasteiger charge is -2.19. The number of aromatic nitrogens is 5. The number of oxazole rings is 1. The third kappa shape index (κ3) is 2.73. The first-order valence-electron chi connectivity index (χ1n) is 9.73. The summed E-state index contributed by atoms with van der Waals surface area (Å²) < 4.78 is 13.1. The third-order valence-electron chi connectivity index (χ3n) is 5.20. The van der Waals surface area contributed by atoms with Crippen LogP contribution in [0.3, 0.4) is 0 Å². The van der Waals surface area contributed by atoms with Crippen molar-refractivity contribution >= 4 is 22.5 Å². The number of imidazole rings is 1. The molecule has 0 aliphatic heterocycles. The summed E-state index contributed by atoms with van der Waals surface area (Å²) in [5, 5.41) is 7.36. The highest BCUT2D eigenvalue weighted by molar-refractivity contribution is 5.90. The van der Waals surface area contributed by atoms with E-state index in [9.17, 15) is 0 Å². The van der Waals surface area contributed by atoms with E-state index in [2.05, 4.69) is 65.8 Å². The standard InChI is InChI=1S/C22H21N5O2/c1-12(2)15-10-16-19(23-11-27(16)14-8-6-5-7-9-14)17(13(3)4)18(15)20-24-21-22(28-20)25-26-29-21/h5-13H,1-4H3. The van der Waals surface area contributed by atoms with E-state index in [0.717, 1.165) is 33.4 Å². The van der Waals surface area contributed by atoms with Crippen LogP contribution in [0.2, 0.25) is 0 Å². The Hall–Kier alpha value is -3.48. The number of hydrogen-bond donors (Lipinski definition) is 0. The molecule has 0 unspecified atom stereocenters. The molecule has 5 rings (SSSR count). The predicted molar refractivity (Wildman–Crippen MR) is 110 cm³/mol. The van der Waals surface area contributed by atoms with E-state index >= 15 is 0 Å². The van der Waals surface area contributed by atoms with Gasteiger partial charge < -0.3 is 8.94 Å². The Balaban J connectivity index is 1.86. The fourth-order valence-electron chi connectivity index (χ4n) is 3.87. The van der Waals surface area contributed by atoms with Crippen molar-refractivity contribution in [3.05, 3.63) is 53.9 Å². The molecule has 7 heteroatoms. The van der Waals surface area contributed by atoms with Crippen molar-refractivity contribution in [2.24, 2.45) is 0 Å². The van der Waals surface area contributed by atoms with Gasteiger partial charge >= 0.3 is 11.4 Å². The predicted octanol–water partition coefficient (Wildman–Crippen LogP) is 5.46. The van der Waals surface area contributed by atoms with Gasteiger partial charge in [-0.2, -0.15) is 4.98 Å². The molecule has 0 radical (unpaired) electrons. The average Bonchev–Trinajstić information content (AvgIpc) is 3.41. The van der Waals surface area contributed by atoms with Gasteiger partial charge in [0.05, 0.1) is 11.0 Å². The minimum atomic E-state index is 0.217. The molecule has 0 aliphatic carbocycles. The Morgan fingerprint density at radius 2 is 1.76 bits per heavy atom. The van der Waals surface area contributed by atoms with Crippen LogP contribution in [-0.4, -0.2) is 24.9 Å². The maximum Gasteiger partial charge on any atom is 0.318 e. The summed E-state index contributed by atoms with van der Waals surface area (Å²) in [4.78, 5) is 9.29. The van der Waals surface area contributed by atoms with Crippen LogP contribution in [0.4, 0.5) is 0 Å². The summed E-state index contributed by atoms with van der Waals surface area (Å²) in [5.74, 6) is 0.974. The molecule has 5 aromatic rings. The lowest BCUT2D eigenvalue weighted by atomic mass is 9.87. The van der Waals surface area contributed by atoms with Crippen molar-refractivity contribution in [3.63, 3.8) is 0 Å². The molecule has 3 heterocycles. The third-order valence-corrected chi connectivity index (χ3v) is 5.20. The molecular weight excluding hydrogens is 366 g/mol. The van der Waals surface area contributed by atoms with Crippen molar-refractivity contribution in [2.45, 2.75) is 39.5 Å². The topological polar surface area (TPSA) is 82.8 Å². The summed E-state index contributed by atoms with van der Waals surface area (Å²) in [5.41, 5.74) is 6.93. The summed E-state index contributed by atoms with van der Waals surface area (Å²) in [6.45, 7) is 8.67. The number of fused-ring (bicyclic) bond motifs is 2. The Morgan fingerprint density at radius 1 is 0.966 bits per heavy atom. The van der Waals surface area contributed by atoms with E-state index in [-0.39, 0.29) is 11.8 Å². The zero-order valence-corrected chi connectivity index (χ0v) is 16.7. The highest BCUT2D eigenvalue weighted by Crippen LogP contribution is 2.41. The van der Waals surface area contributed by atoms with Gasteiger partial charge in [0, 0.05) is 16.5 Å². The Morgan fingerprint density at radius 3 is 2.45 bits per heavy atom. The minimum Gasteiger partial charge on any atom is -0.414 e. The molecule has 0 N–H and O–H groups in total. The molecule has 0 aliphatic rings. The molecule has 7 nitrogen and oxygen atoms in total. The first-order chi connectivity index (χ1) is 14.0. The van der Waals surface area contributed by atoms with Gasteiger partial charge in [-0.15, -0.1) is 0 Å². The minimum absolute atomic E-state index is 0.217. The van der Waals surface area contributed by atoms with E-state index in [1.807, 2.05) is 24.5 Å². The summed E-state index contributed by atoms with van der Waals surface area (Å²) in [7, 11) is 0. The number of nitrogens with zero attached hydrogens (tertiary/aromatic N) is 5. The first-order valence-corrected chi connectivity index (χ1v) is 9.73. The summed E-state index contributed by atoms with van der Waals surface area (Å²) in [6, 6.07) is 12.4. The molecule has 2 aromatic carbocycles. The van der Waals surface area contributed by atoms with Crippen LogP contribution < -0.4 is 0 Å². The Labute approximate surface area is 167 Å². The molecule has 0 saturated carbocycles. The van der Waals surface area contributed by atoms with Gasteiger partial charge in [-0.25, -0.2) is 4.98 Å². The van der Waals surface area contributed by atoms with Crippen LogP contribution in [0.1, 0.15) is 50.7 Å². The molecule has 0 fully saturated rings. The van der Waals surface area contributed by atoms with Gasteiger partial charge in [0.1, 0.15) is 6.33 Å². The van der Waals surface area contributed by atoms with E-state index in [0.29, 0.717) is 17.3 Å². The van der Waals surface area contributed by atoms with E-state index in [1.165, 1.54) is 0 Å². The van der Waals surface area contributed by atoms with Gasteiger partial charge in [-0.1, -0.05) is 51.0 Å². The van der Waals surface area contributed by atoms with Gasteiger partial charge in [-0.05, 0) is 41.2 Å². The van der Waals surface area contributed by atoms with Gasteiger partial charge in [0.25, 0.3) is 0 Å². The first kappa shape index (κ1) is 17.6. The molecule has 0 atom stereocenters. The highest BCUT2D eigenvalue weighted by atomic mass is 16.5. The van der Waals surface area contributed by atoms with E-state index in [1.54, 1.807) is 0 Å². The average molecular weight is 387 g/mol. The Kier molecular flexibility index (Phi) is 3.97. The molecule has 0 bridgehead atoms. The quantitative estimate of drug-likeness (QED) is 0.407. The second-order valence-electron chi connectivity index (χ2n) is 7.78. The lowest BCUT2D eigenvalue weighted by molar-refractivity contribution is 0.415. The summed E-state index contributed by atoms with van der Waals surface area (Å²) in [6.07, 6.45) is 1.88. The van der Waals surface area contributed by atoms with Gasteiger partial charge in [-0.3, -0.25) is 4.57 Å². The second-order valence-corrected chi connectivity index (χ2v) is 7.78. The van der Waals surface area contributed by atoms with Crippen LogP contribution in [0.15, 0.2) is 51.7 Å². The smallest absolute Gasteiger partial charge is 0.318 e. The van der Waals surface area contributed by atoms with Crippen molar-refractivity contribution in [3.8, 4) is 17.1 Å². The van der Waals surface area contributed by atoms with E-state index in [4.69, 9.17) is 13.9 Å².